The second-order valence-corrected chi connectivity index (χ2v) is 8.01. The molecule has 0 saturated carbocycles. The highest BCUT2D eigenvalue weighted by molar-refractivity contribution is 5.88. The van der Waals surface area contributed by atoms with Gasteiger partial charge in [-0.3, -0.25) is 9.59 Å². The normalized spacial score (nSPS) is 14.7. The molecule has 0 atom stereocenters. The van der Waals surface area contributed by atoms with Crippen molar-refractivity contribution in [1.29, 1.82) is 0 Å². The van der Waals surface area contributed by atoms with Crippen molar-refractivity contribution in [2.45, 2.75) is 25.3 Å². The molecule has 5 rings (SSSR count). The summed E-state index contributed by atoms with van der Waals surface area (Å²) in [6, 6.07) is 17.2. The fourth-order valence-corrected chi connectivity index (χ4v) is 4.19. The van der Waals surface area contributed by atoms with Gasteiger partial charge in [0.1, 0.15) is 0 Å². The first kappa shape index (κ1) is 20.0. The van der Waals surface area contributed by atoms with Gasteiger partial charge in [-0.05, 0) is 24.1 Å². The maximum atomic E-state index is 13.0. The Morgan fingerprint density at radius 1 is 0.969 bits per heavy atom. The summed E-state index contributed by atoms with van der Waals surface area (Å²) in [7, 11) is 1.61. The van der Waals surface area contributed by atoms with Gasteiger partial charge in [-0.2, -0.15) is 9.90 Å². The van der Waals surface area contributed by atoms with E-state index in [1.54, 1.807) is 17.9 Å². The van der Waals surface area contributed by atoms with Gasteiger partial charge in [0.25, 0.3) is 5.56 Å². The molecule has 1 amide bonds. The summed E-state index contributed by atoms with van der Waals surface area (Å²) < 4.78 is 1.30. The van der Waals surface area contributed by atoms with E-state index in [1.807, 2.05) is 53.4 Å². The molecule has 0 unspecified atom stereocenters. The van der Waals surface area contributed by atoms with E-state index in [1.165, 1.54) is 4.68 Å². The lowest BCUT2D eigenvalue weighted by Crippen LogP contribution is -2.40. The molecule has 0 N–H and O–H groups in total. The van der Waals surface area contributed by atoms with Crippen LogP contribution in [0.4, 0.5) is 0 Å². The van der Waals surface area contributed by atoms with Crippen molar-refractivity contribution in [2.75, 3.05) is 13.1 Å². The Hall–Kier alpha value is -3.88. The number of tetrazole rings is 1. The molecule has 0 spiro atoms. The lowest BCUT2D eigenvalue weighted by Gasteiger charge is -2.31. The zero-order chi connectivity index (χ0) is 22.1. The van der Waals surface area contributed by atoms with E-state index < -0.39 is 0 Å². The van der Waals surface area contributed by atoms with Gasteiger partial charge >= 0.3 is 0 Å². The summed E-state index contributed by atoms with van der Waals surface area (Å²) in [5.41, 5.74) is 1.40. The zero-order valence-electron chi connectivity index (χ0n) is 17.8. The molecule has 9 nitrogen and oxygen atoms in total. The number of nitrogens with zero attached hydrogens (tertiary/aromatic N) is 7. The predicted octanol–water partition coefficient (Wildman–Crippen LogP) is 1.99. The Morgan fingerprint density at radius 3 is 2.41 bits per heavy atom. The van der Waals surface area contributed by atoms with Crippen LogP contribution >= 0.6 is 0 Å². The second-order valence-electron chi connectivity index (χ2n) is 8.01. The van der Waals surface area contributed by atoms with Crippen LogP contribution in [0.25, 0.3) is 22.2 Å². The number of fused-ring (bicyclic) bond motifs is 1. The maximum absolute atomic E-state index is 13.0. The van der Waals surface area contributed by atoms with Crippen LogP contribution in [0.2, 0.25) is 0 Å². The topological polar surface area (TPSA) is 98.8 Å². The van der Waals surface area contributed by atoms with Crippen molar-refractivity contribution in [3.05, 3.63) is 70.6 Å². The van der Waals surface area contributed by atoms with Gasteiger partial charge in [0.05, 0.1) is 23.5 Å². The average molecular weight is 429 g/mol. The summed E-state index contributed by atoms with van der Waals surface area (Å²) in [5, 5.41) is 18.6. The number of benzene rings is 2. The van der Waals surface area contributed by atoms with Gasteiger partial charge in [0.2, 0.25) is 11.7 Å². The third-order valence-electron chi connectivity index (χ3n) is 5.96. The molecular formula is C23H23N7O2. The Kier molecular flexibility index (Phi) is 5.22. The number of hydrogen-bond donors (Lipinski definition) is 0. The number of hydrogen-bond acceptors (Lipinski definition) is 6. The van der Waals surface area contributed by atoms with E-state index >= 15 is 0 Å². The monoisotopic (exact) mass is 429 g/mol. The van der Waals surface area contributed by atoms with Crippen molar-refractivity contribution in [3.8, 4) is 11.4 Å². The van der Waals surface area contributed by atoms with E-state index in [4.69, 9.17) is 0 Å². The van der Waals surface area contributed by atoms with Gasteiger partial charge < -0.3 is 4.90 Å². The lowest BCUT2D eigenvalue weighted by molar-refractivity contribution is -0.131. The summed E-state index contributed by atoms with van der Waals surface area (Å²) in [4.78, 5) is 28.8. The van der Waals surface area contributed by atoms with Crippen LogP contribution in [0.15, 0.2) is 59.4 Å². The molecule has 1 aliphatic heterocycles. The molecule has 0 radical (unpaired) electrons. The summed E-state index contributed by atoms with van der Waals surface area (Å²) in [5.74, 6) is 0.619. The minimum Gasteiger partial charge on any atom is -0.342 e. The number of piperidine rings is 1. The average Bonchev–Trinajstić information content (AvgIpc) is 3.33. The Morgan fingerprint density at radius 2 is 1.66 bits per heavy atom. The summed E-state index contributed by atoms with van der Waals surface area (Å²) in [6.45, 7) is 1.24. The number of aryl methyl sites for hydroxylation is 1. The molecule has 162 valence electrons. The Labute approximate surface area is 184 Å². The van der Waals surface area contributed by atoms with Crippen molar-refractivity contribution in [1.82, 2.24) is 34.9 Å². The highest BCUT2D eigenvalue weighted by atomic mass is 16.2. The third-order valence-corrected chi connectivity index (χ3v) is 5.96. The number of rotatable bonds is 4. The molecule has 9 heteroatoms. The molecule has 0 aliphatic carbocycles. The summed E-state index contributed by atoms with van der Waals surface area (Å²) >= 11 is 0. The molecule has 1 fully saturated rings. The van der Waals surface area contributed by atoms with Crippen LogP contribution in [-0.4, -0.2) is 53.9 Å². The fourth-order valence-electron chi connectivity index (χ4n) is 4.19. The van der Waals surface area contributed by atoms with Crippen molar-refractivity contribution >= 4 is 16.7 Å². The molecular weight excluding hydrogens is 406 g/mol. The lowest BCUT2D eigenvalue weighted by atomic mass is 10.0. The van der Waals surface area contributed by atoms with E-state index in [9.17, 15) is 9.59 Å². The highest BCUT2D eigenvalue weighted by Crippen LogP contribution is 2.23. The van der Waals surface area contributed by atoms with Crippen LogP contribution in [0, 0.1) is 0 Å². The first-order valence-electron chi connectivity index (χ1n) is 10.7. The Balaban J connectivity index is 1.26. The van der Waals surface area contributed by atoms with E-state index in [0.29, 0.717) is 30.0 Å². The van der Waals surface area contributed by atoms with Crippen LogP contribution in [0.5, 0.6) is 0 Å². The first-order valence-corrected chi connectivity index (χ1v) is 10.7. The molecule has 4 aromatic rings. The van der Waals surface area contributed by atoms with Gasteiger partial charge in [-0.25, -0.2) is 4.68 Å². The van der Waals surface area contributed by atoms with Crippen LogP contribution < -0.4 is 5.56 Å². The molecule has 1 saturated heterocycles. The van der Waals surface area contributed by atoms with Crippen LogP contribution in [0.1, 0.15) is 24.6 Å². The number of carbonyl (C=O) groups excluding carboxylic acids is 1. The minimum atomic E-state index is -0.159. The van der Waals surface area contributed by atoms with E-state index in [-0.39, 0.29) is 23.9 Å². The largest absolute Gasteiger partial charge is 0.342 e. The molecule has 1 aliphatic rings. The highest BCUT2D eigenvalue weighted by Gasteiger charge is 2.26. The molecule has 2 aromatic heterocycles. The van der Waals surface area contributed by atoms with Gasteiger partial charge in [-0.15, -0.1) is 10.2 Å². The van der Waals surface area contributed by atoms with Gasteiger partial charge in [0, 0.05) is 31.1 Å². The number of amides is 1. The quantitative estimate of drug-likeness (QED) is 0.492. The molecule has 3 heterocycles. The van der Waals surface area contributed by atoms with Crippen molar-refractivity contribution in [2.24, 2.45) is 7.05 Å². The number of aromatic nitrogens is 6. The van der Waals surface area contributed by atoms with Gasteiger partial charge in [-0.1, -0.05) is 48.5 Å². The van der Waals surface area contributed by atoms with E-state index in [0.717, 1.165) is 23.8 Å². The minimum absolute atomic E-state index is 0.0104. The standard InChI is InChI=1S/C23H23N7O2/c1-28-23(32)19-10-6-5-9-18(19)20(25-28)15-21(31)29-13-11-17(12-14-29)30-26-22(24-27-30)16-7-3-2-4-8-16/h2-10,17H,11-15H2,1H3. The number of carbonyl (C=O) groups is 1. The fraction of sp³-hybridized carbons (Fsp3) is 0.304. The second kappa shape index (κ2) is 8.33. The van der Waals surface area contributed by atoms with Crippen LogP contribution in [-0.2, 0) is 18.3 Å². The molecule has 0 bridgehead atoms. The van der Waals surface area contributed by atoms with Crippen molar-refractivity contribution in [3.63, 3.8) is 0 Å². The molecule has 32 heavy (non-hydrogen) atoms. The third kappa shape index (κ3) is 3.77. The number of likely N-dealkylation sites (tertiary alicyclic amines) is 1. The van der Waals surface area contributed by atoms with Crippen LogP contribution in [0.3, 0.4) is 0 Å². The zero-order valence-corrected chi connectivity index (χ0v) is 17.8. The maximum Gasteiger partial charge on any atom is 0.274 e. The van der Waals surface area contributed by atoms with Crippen molar-refractivity contribution < 1.29 is 4.79 Å². The van der Waals surface area contributed by atoms with Gasteiger partial charge in [0.15, 0.2) is 0 Å². The van der Waals surface area contributed by atoms with E-state index in [2.05, 4.69) is 20.5 Å². The SMILES string of the molecule is Cn1nc(CC(=O)N2CCC(n3nnc(-c4ccccc4)n3)CC2)c2ccccc2c1=O. The molecule has 2 aromatic carbocycles. The summed E-state index contributed by atoms with van der Waals surface area (Å²) in [6.07, 6.45) is 1.69. The smallest absolute Gasteiger partial charge is 0.274 e. The predicted molar refractivity (Wildman–Crippen MR) is 119 cm³/mol. The Bertz CT molecular complexity index is 1320. The first-order chi connectivity index (χ1) is 15.6.